The van der Waals surface area contributed by atoms with E-state index in [9.17, 15) is 20.0 Å². The maximum atomic E-state index is 11.5. The number of nitrogens with zero attached hydrogens (tertiary/aromatic N) is 1. The molecule has 0 fully saturated rings. The Kier molecular flexibility index (Phi) is 3.66. The molecule has 1 aromatic carbocycles. The molecule has 0 atom stereocenters. The molecule has 104 valence electrons. The van der Waals surface area contributed by atoms with E-state index in [1.54, 1.807) is 6.07 Å². The fourth-order valence-corrected chi connectivity index (χ4v) is 1.63. The Morgan fingerprint density at radius 3 is 2.55 bits per heavy atom. The number of hydrogen-bond acceptors (Lipinski definition) is 7. The van der Waals surface area contributed by atoms with E-state index in [1.165, 1.54) is 18.2 Å². The van der Waals surface area contributed by atoms with Crippen molar-refractivity contribution in [2.75, 3.05) is 10.9 Å². The van der Waals surface area contributed by atoms with Crippen molar-refractivity contribution in [2.45, 2.75) is 0 Å². The van der Waals surface area contributed by atoms with Crippen LogP contribution in [0.1, 0.15) is 0 Å². The number of nitro groups is 1. The van der Waals surface area contributed by atoms with Gasteiger partial charge in [-0.2, -0.15) is 0 Å². The van der Waals surface area contributed by atoms with E-state index in [0.29, 0.717) is 0 Å². The van der Waals surface area contributed by atoms with Gasteiger partial charge in [0.05, 0.1) is 4.92 Å². The molecule has 2 rings (SSSR count). The van der Waals surface area contributed by atoms with Gasteiger partial charge in [0.2, 0.25) is 0 Å². The molecule has 10 heteroatoms. The van der Waals surface area contributed by atoms with Gasteiger partial charge >= 0.3 is 0 Å². The van der Waals surface area contributed by atoms with Crippen LogP contribution in [0.15, 0.2) is 29.1 Å². The molecule has 20 heavy (non-hydrogen) atoms. The molecular formula is C10H8N5O4S-. The second kappa shape index (κ2) is 5.40. The first-order valence-electron chi connectivity index (χ1n) is 5.28. The lowest BCUT2D eigenvalue weighted by atomic mass is 10.3. The molecule has 4 N–H and O–H groups in total. The zero-order chi connectivity index (χ0) is 14.7. The Balaban J connectivity index is 2.28. The van der Waals surface area contributed by atoms with Gasteiger partial charge in [0.1, 0.15) is 11.4 Å². The minimum Gasteiger partial charge on any atom is -0.859 e. The monoisotopic (exact) mass is 294 g/mol. The molecule has 2 aromatic rings. The number of nitro benzene ring substituents is 1. The molecule has 0 bridgehead atoms. The number of hydrazine groups is 1. The van der Waals surface area contributed by atoms with E-state index in [0.717, 1.165) is 0 Å². The first-order valence-corrected chi connectivity index (χ1v) is 5.69. The molecule has 0 unspecified atom stereocenters. The first kappa shape index (κ1) is 13.5. The van der Waals surface area contributed by atoms with Gasteiger partial charge < -0.3 is 10.1 Å². The zero-order valence-electron chi connectivity index (χ0n) is 9.80. The van der Waals surface area contributed by atoms with Crippen LogP contribution in [0.25, 0.3) is 0 Å². The Labute approximate surface area is 116 Å². The third-order valence-electron chi connectivity index (χ3n) is 2.33. The van der Waals surface area contributed by atoms with Crippen LogP contribution in [-0.4, -0.2) is 14.9 Å². The number of aromatic nitrogens is 2. The van der Waals surface area contributed by atoms with Crippen LogP contribution in [0.3, 0.4) is 0 Å². The van der Waals surface area contributed by atoms with Gasteiger partial charge in [-0.05, 0) is 24.2 Å². The Morgan fingerprint density at radius 2 is 1.90 bits per heavy atom. The normalized spacial score (nSPS) is 10.0. The van der Waals surface area contributed by atoms with Crippen LogP contribution >= 0.6 is 12.2 Å². The van der Waals surface area contributed by atoms with Crippen LogP contribution in [0.2, 0.25) is 0 Å². The van der Waals surface area contributed by atoms with E-state index >= 15 is 0 Å². The molecule has 0 aliphatic heterocycles. The van der Waals surface area contributed by atoms with Gasteiger partial charge in [0.25, 0.3) is 11.2 Å². The first-order chi connectivity index (χ1) is 9.49. The van der Waals surface area contributed by atoms with E-state index in [4.69, 9.17) is 0 Å². The highest BCUT2D eigenvalue weighted by atomic mass is 32.1. The van der Waals surface area contributed by atoms with Crippen LogP contribution in [0.4, 0.5) is 17.1 Å². The van der Waals surface area contributed by atoms with E-state index in [-0.39, 0.29) is 21.8 Å². The summed E-state index contributed by atoms with van der Waals surface area (Å²) in [5, 5.41) is 22.3. The minimum absolute atomic E-state index is 0.101. The van der Waals surface area contributed by atoms with Crippen molar-refractivity contribution in [3.05, 3.63) is 49.5 Å². The highest BCUT2D eigenvalue weighted by Gasteiger charge is 2.12. The van der Waals surface area contributed by atoms with Gasteiger partial charge in [0.15, 0.2) is 4.77 Å². The highest BCUT2D eigenvalue weighted by molar-refractivity contribution is 7.71. The molecule has 0 spiro atoms. The maximum Gasteiger partial charge on any atom is 0.294 e. The number of nitrogens with one attached hydrogen (secondary N) is 4. The summed E-state index contributed by atoms with van der Waals surface area (Å²) in [7, 11) is 0. The van der Waals surface area contributed by atoms with Crippen LogP contribution in [0, 0.1) is 14.9 Å². The van der Waals surface area contributed by atoms with Gasteiger partial charge in [-0.3, -0.25) is 30.7 Å². The second-order valence-corrected chi connectivity index (χ2v) is 4.04. The number of rotatable bonds is 4. The predicted octanol–water partition coefficient (Wildman–Crippen LogP) is 0.853. The molecule has 0 aliphatic rings. The summed E-state index contributed by atoms with van der Waals surface area (Å²) in [6.45, 7) is 0. The maximum absolute atomic E-state index is 11.5. The number of H-pyrrole nitrogens is 2. The van der Waals surface area contributed by atoms with Crippen molar-refractivity contribution in [1.82, 2.24) is 9.97 Å². The Morgan fingerprint density at radius 1 is 1.20 bits per heavy atom. The molecular weight excluding hydrogens is 286 g/mol. The van der Waals surface area contributed by atoms with Crippen molar-refractivity contribution in [1.29, 1.82) is 0 Å². The lowest BCUT2D eigenvalue weighted by Crippen LogP contribution is -2.22. The number of aromatic amines is 2. The summed E-state index contributed by atoms with van der Waals surface area (Å²) in [4.78, 5) is 26.2. The third-order valence-corrected chi connectivity index (χ3v) is 2.54. The lowest BCUT2D eigenvalue weighted by molar-refractivity contribution is -0.383. The molecule has 0 saturated heterocycles. The fraction of sp³-hybridized carbons (Fsp3) is 0. The fourth-order valence-electron chi connectivity index (χ4n) is 1.45. The largest absolute Gasteiger partial charge is 0.859 e. The van der Waals surface area contributed by atoms with Crippen molar-refractivity contribution in [3.63, 3.8) is 0 Å². The average molecular weight is 294 g/mol. The quantitative estimate of drug-likeness (QED) is 0.372. The van der Waals surface area contributed by atoms with E-state index < -0.39 is 16.4 Å². The van der Waals surface area contributed by atoms with E-state index in [2.05, 4.69) is 33.0 Å². The van der Waals surface area contributed by atoms with Crippen LogP contribution in [0.5, 0.6) is 5.88 Å². The minimum atomic E-state index is -0.732. The summed E-state index contributed by atoms with van der Waals surface area (Å²) in [5.41, 5.74) is 3.61. The number of anilines is 2. The average Bonchev–Trinajstić information content (AvgIpc) is 2.37. The molecule has 0 amide bonds. The predicted molar refractivity (Wildman–Crippen MR) is 72.0 cm³/mol. The number of hydrogen-bond donors (Lipinski definition) is 4. The van der Waals surface area contributed by atoms with Crippen LogP contribution < -0.4 is 21.5 Å². The molecule has 1 aromatic heterocycles. The standard InChI is InChI=1S/C10H9N5O4S/c16-8-7(9(17)12-10(20)11-8)14-13-5-3-1-2-4-6(5)15(18)19/h1-4,13-14H,(H3,11,12,16,17,20)/p-1. The van der Waals surface area contributed by atoms with Crippen LogP contribution in [-0.2, 0) is 0 Å². The molecule has 0 saturated carbocycles. The summed E-state index contributed by atoms with van der Waals surface area (Å²) in [5.74, 6) is -0.732. The van der Waals surface area contributed by atoms with Crippen molar-refractivity contribution in [3.8, 4) is 5.88 Å². The van der Waals surface area contributed by atoms with E-state index in [1.807, 2.05) is 0 Å². The van der Waals surface area contributed by atoms with Gasteiger partial charge in [-0.1, -0.05) is 12.1 Å². The smallest absolute Gasteiger partial charge is 0.294 e. The third kappa shape index (κ3) is 2.75. The molecule has 1 heterocycles. The molecule has 0 aliphatic carbocycles. The van der Waals surface area contributed by atoms with Crippen molar-refractivity contribution in [2.24, 2.45) is 0 Å². The van der Waals surface area contributed by atoms with Gasteiger partial charge in [-0.25, -0.2) is 0 Å². The zero-order valence-corrected chi connectivity index (χ0v) is 10.6. The number of benzene rings is 1. The lowest BCUT2D eigenvalue weighted by Gasteiger charge is -2.15. The second-order valence-electron chi connectivity index (χ2n) is 3.64. The summed E-state index contributed by atoms with van der Waals surface area (Å²) in [6.07, 6.45) is 0. The van der Waals surface area contributed by atoms with Crippen molar-refractivity contribution < 1.29 is 10.0 Å². The van der Waals surface area contributed by atoms with Crippen molar-refractivity contribution >= 4 is 29.3 Å². The van der Waals surface area contributed by atoms with Gasteiger partial charge in [0, 0.05) is 6.07 Å². The summed E-state index contributed by atoms with van der Waals surface area (Å²) in [6, 6.07) is 5.77. The Hall–Kier alpha value is -2.88. The number of para-hydroxylation sites is 2. The van der Waals surface area contributed by atoms with Gasteiger partial charge in [-0.15, -0.1) is 0 Å². The topological polar surface area (TPSA) is 139 Å². The SMILES string of the molecule is O=c1[nH]c(=S)[nH]c([O-])c1NNc1ccccc1[N+](=O)[O-]. The highest BCUT2D eigenvalue weighted by Crippen LogP contribution is 2.23. The summed E-state index contributed by atoms with van der Waals surface area (Å²) >= 11 is 4.63. The summed E-state index contributed by atoms with van der Waals surface area (Å²) < 4.78 is -0.101. The molecule has 0 radical (unpaired) electrons. The Bertz CT molecular complexity index is 769. The molecule has 9 nitrogen and oxygen atoms in total.